The Morgan fingerprint density at radius 1 is 1.50 bits per heavy atom. The minimum Gasteiger partial charge on any atom is -0.379 e. The lowest BCUT2D eigenvalue weighted by Gasteiger charge is -2.35. The van der Waals surface area contributed by atoms with E-state index in [2.05, 4.69) is 43.7 Å². The molecule has 3 nitrogen and oxygen atoms in total. The molecule has 1 aromatic rings. The second-order valence-corrected chi connectivity index (χ2v) is 6.11. The fourth-order valence-corrected chi connectivity index (χ4v) is 2.79. The van der Waals surface area contributed by atoms with Crippen molar-refractivity contribution < 1.29 is 4.74 Å². The van der Waals surface area contributed by atoms with E-state index in [1.165, 1.54) is 4.88 Å². The number of thiophene rings is 1. The third-order valence-electron chi connectivity index (χ3n) is 2.69. The summed E-state index contributed by atoms with van der Waals surface area (Å²) in [6.07, 6.45) is 1.00. The molecular weight excluding hydrogens is 220 g/mol. The van der Waals surface area contributed by atoms with E-state index < -0.39 is 0 Å². The molecule has 3 N–H and O–H groups in total. The average molecular weight is 242 g/mol. The van der Waals surface area contributed by atoms with Crippen molar-refractivity contribution in [1.29, 1.82) is 0 Å². The van der Waals surface area contributed by atoms with Gasteiger partial charge in [-0.05, 0) is 16.9 Å². The molecule has 0 saturated carbocycles. The van der Waals surface area contributed by atoms with Crippen LogP contribution in [-0.4, -0.2) is 19.3 Å². The van der Waals surface area contributed by atoms with Gasteiger partial charge in [0.15, 0.2) is 0 Å². The smallest absolute Gasteiger partial charge is 0.0789 e. The molecule has 1 rings (SSSR count). The molecule has 0 aromatic carbocycles. The van der Waals surface area contributed by atoms with Gasteiger partial charge in [0.2, 0.25) is 0 Å². The van der Waals surface area contributed by atoms with Gasteiger partial charge in [-0.3, -0.25) is 11.3 Å². The van der Waals surface area contributed by atoms with Crippen molar-refractivity contribution in [3.05, 3.63) is 22.4 Å². The number of hydrazine groups is 1. The first-order valence-electron chi connectivity index (χ1n) is 5.50. The van der Waals surface area contributed by atoms with Gasteiger partial charge in [-0.2, -0.15) is 0 Å². The lowest BCUT2D eigenvalue weighted by atomic mass is 9.83. The van der Waals surface area contributed by atoms with Gasteiger partial charge in [-0.1, -0.05) is 26.8 Å². The molecule has 16 heavy (non-hydrogen) atoms. The van der Waals surface area contributed by atoms with E-state index in [0.29, 0.717) is 0 Å². The highest BCUT2D eigenvalue weighted by molar-refractivity contribution is 7.09. The first-order valence-corrected chi connectivity index (χ1v) is 6.38. The topological polar surface area (TPSA) is 47.3 Å². The molecule has 1 aromatic heterocycles. The number of methoxy groups -OCH3 is 1. The number of nitrogens with one attached hydrogen (secondary N) is 1. The zero-order chi connectivity index (χ0) is 12.2. The Labute approximate surface area is 102 Å². The molecule has 0 radical (unpaired) electrons. The fourth-order valence-electron chi connectivity index (χ4n) is 2.02. The van der Waals surface area contributed by atoms with Crippen molar-refractivity contribution in [2.45, 2.75) is 39.3 Å². The average Bonchev–Trinajstić information content (AvgIpc) is 2.67. The maximum atomic E-state index is 5.64. The Balaban J connectivity index is 2.72. The summed E-state index contributed by atoms with van der Waals surface area (Å²) >= 11 is 1.75. The summed E-state index contributed by atoms with van der Waals surface area (Å²) in [5, 5.41) is 2.09. The molecule has 0 aliphatic rings. The van der Waals surface area contributed by atoms with Gasteiger partial charge in [0.05, 0.1) is 12.1 Å². The maximum Gasteiger partial charge on any atom is 0.0789 e. The Hall–Kier alpha value is -0.420. The van der Waals surface area contributed by atoms with Gasteiger partial charge in [0.25, 0.3) is 0 Å². The molecule has 2 atom stereocenters. The Kier molecular flexibility index (Phi) is 4.92. The van der Waals surface area contributed by atoms with Crippen LogP contribution < -0.4 is 11.3 Å². The van der Waals surface area contributed by atoms with E-state index in [1.54, 1.807) is 18.4 Å². The Bertz CT molecular complexity index is 292. The van der Waals surface area contributed by atoms with Crippen LogP contribution in [0.1, 0.15) is 25.6 Å². The van der Waals surface area contributed by atoms with Crippen LogP contribution in [0, 0.1) is 5.41 Å². The molecule has 0 bridgehead atoms. The fraction of sp³-hybridized carbons (Fsp3) is 0.667. The largest absolute Gasteiger partial charge is 0.379 e. The van der Waals surface area contributed by atoms with Crippen LogP contribution in [0.2, 0.25) is 0 Å². The second kappa shape index (κ2) is 5.77. The molecule has 1 heterocycles. The molecule has 0 amide bonds. The van der Waals surface area contributed by atoms with Gasteiger partial charge < -0.3 is 4.74 Å². The monoisotopic (exact) mass is 242 g/mol. The van der Waals surface area contributed by atoms with E-state index in [-0.39, 0.29) is 17.6 Å². The van der Waals surface area contributed by atoms with Crippen molar-refractivity contribution in [3.63, 3.8) is 0 Å². The third kappa shape index (κ3) is 3.56. The molecule has 0 spiro atoms. The normalized spacial score (nSPS) is 16.1. The van der Waals surface area contributed by atoms with E-state index in [4.69, 9.17) is 10.6 Å². The van der Waals surface area contributed by atoms with E-state index in [1.807, 2.05) is 0 Å². The van der Waals surface area contributed by atoms with Crippen LogP contribution in [0.3, 0.4) is 0 Å². The molecule has 0 saturated heterocycles. The van der Waals surface area contributed by atoms with Gasteiger partial charge >= 0.3 is 0 Å². The van der Waals surface area contributed by atoms with Crippen molar-refractivity contribution in [2.75, 3.05) is 7.11 Å². The van der Waals surface area contributed by atoms with Crippen LogP contribution >= 0.6 is 11.3 Å². The van der Waals surface area contributed by atoms with Gasteiger partial charge in [-0.25, -0.2) is 0 Å². The minimum absolute atomic E-state index is 0.0725. The first-order chi connectivity index (χ1) is 7.49. The number of rotatable bonds is 5. The number of ether oxygens (including phenoxy) is 1. The summed E-state index contributed by atoms with van der Waals surface area (Å²) in [4.78, 5) is 1.33. The summed E-state index contributed by atoms with van der Waals surface area (Å²) < 4.78 is 5.58. The number of hydrogen-bond acceptors (Lipinski definition) is 4. The van der Waals surface area contributed by atoms with Crippen molar-refractivity contribution in [1.82, 2.24) is 5.43 Å². The second-order valence-electron chi connectivity index (χ2n) is 5.08. The predicted molar refractivity (Wildman–Crippen MR) is 69.4 cm³/mol. The van der Waals surface area contributed by atoms with Crippen LogP contribution in [0.25, 0.3) is 0 Å². The molecule has 0 fully saturated rings. The summed E-state index contributed by atoms with van der Waals surface area (Å²) in [7, 11) is 1.74. The summed E-state index contributed by atoms with van der Waals surface area (Å²) in [6, 6.07) is 4.33. The number of hydrogen-bond donors (Lipinski definition) is 2. The third-order valence-corrected chi connectivity index (χ3v) is 3.59. The van der Waals surface area contributed by atoms with Gasteiger partial charge in [-0.15, -0.1) is 11.3 Å². The van der Waals surface area contributed by atoms with E-state index in [9.17, 15) is 0 Å². The maximum absolute atomic E-state index is 5.64. The SMILES string of the molecule is COC(C(Cc1cccs1)NN)C(C)(C)C. The quantitative estimate of drug-likeness (QED) is 0.614. The van der Waals surface area contributed by atoms with Crippen molar-refractivity contribution in [2.24, 2.45) is 11.3 Å². The highest BCUT2D eigenvalue weighted by Gasteiger charge is 2.31. The van der Waals surface area contributed by atoms with Crippen LogP contribution in [0.5, 0.6) is 0 Å². The molecule has 92 valence electrons. The highest BCUT2D eigenvalue weighted by Crippen LogP contribution is 2.26. The van der Waals surface area contributed by atoms with Crippen LogP contribution in [0.4, 0.5) is 0 Å². The summed E-state index contributed by atoms with van der Waals surface area (Å²) in [6.45, 7) is 6.50. The summed E-state index contributed by atoms with van der Waals surface area (Å²) in [5.74, 6) is 5.64. The lowest BCUT2D eigenvalue weighted by molar-refractivity contribution is -0.0108. The van der Waals surface area contributed by atoms with Gasteiger partial charge in [0, 0.05) is 18.4 Å². The molecule has 0 aliphatic carbocycles. The highest BCUT2D eigenvalue weighted by atomic mass is 32.1. The first kappa shape index (κ1) is 13.6. The molecule has 4 heteroatoms. The molecule has 2 unspecified atom stereocenters. The van der Waals surface area contributed by atoms with Crippen LogP contribution in [0.15, 0.2) is 17.5 Å². The zero-order valence-electron chi connectivity index (χ0n) is 10.5. The Morgan fingerprint density at radius 3 is 2.56 bits per heavy atom. The van der Waals surface area contributed by atoms with E-state index in [0.717, 1.165) is 6.42 Å². The minimum atomic E-state index is 0.0725. The molecular formula is C12H22N2OS. The van der Waals surface area contributed by atoms with E-state index >= 15 is 0 Å². The Morgan fingerprint density at radius 2 is 2.19 bits per heavy atom. The summed E-state index contributed by atoms with van der Waals surface area (Å²) in [5.41, 5.74) is 2.95. The van der Waals surface area contributed by atoms with Crippen LogP contribution in [-0.2, 0) is 11.2 Å². The molecule has 0 aliphatic heterocycles. The standard InChI is InChI=1S/C12H22N2OS/c1-12(2,3)11(15-4)10(14-13)8-9-6-5-7-16-9/h5-7,10-11,14H,8,13H2,1-4H3. The predicted octanol–water partition coefficient (Wildman–Crippen LogP) is 2.18. The van der Waals surface area contributed by atoms with Gasteiger partial charge in [0.1, 0.15) is 0 Å². The van der Waals surface area contributed by atoms with Crippen molar-refractivity contribution in [3.8, 4) is 0 Å². The lowest BCUT2D eigenvalue weighted by Crippen LogP contribution is -2.51. The van der Waals surface area contributed by atoms with Crippen molar-refractivity contribution >= 4 is 11.3 Å². The number of nitrogens with two attached hydrogens (primary N) is 1. The zero-order valence-corrected chi connectivity index (χ0v) is 11.3.